The average molecular weight is 147 g/mol. The van der Waals surface area contributed by atoms with Gasteiger partial charge in [0.2, 0.25) is 0 Å². The highest BCUT2D eigenvalue weighted by Crippen LogP contribution is 2.05. The monoisotopic (exact) mass is 147 g/mol. The fourth-order valence-electron chi connectivity index (χ4n) is 0.415. The maximum Gasteiger partial charge on any atom is 0.336 e. The van der Waals surface area contributed by atoms with Crippen molar-refractivity contribution in [2.45, 2.75) is 25.5 Å². The van der Waals surface area contributed by atoms with Gasteiger partial charge in [0.05, 0.1) is 7.11 Å². The van der Waals surface area contributed by atoms with Crippen molar-refractivity contribution in [3.8, 4) is 0 Å². The first-order chi connectivity index (χ1) is 4.39. The molecule has 0 aromatic heterocycles. The lowest BCUT2D eigenvalue weighted by atomic mass is 9.99. The number of aliphatic hydroxyl groups excluding tert-OH is 1. The molecule has 0 aliphatic heterocycles. The molecule has 0 aliphatic rings. The highest BCUT2D eigenvalue weighted by atomic mass is 16.5. The SMILES string of the molecule is COC(=O)[C@H](O)C(C)(C)N. The van der Waals surface area contributed by atoms with Crippen molar-refractivity contribution in [2.75, 3.05) is 7.11 Å². The molecule has 0 radical (unpaired) electrons. The fourth-order valence-corrected chi connectivity index (χ4v) is 0.415. The predicted octanol–water partition coefficient (Wildman–Crippen LogP) is -0.742. The maximum atomic E-state index is 10.6. The van der Waals surface area contributed by atoms with Gasteiger partial charge < -0.3 is 15.6 Å². The van der Waals surface area contributed by atoms with Crippen LogP contribution in [0.1, 0.15) is 13.8 Å². The number of rotatable bonds is 2. The summed E-state index contributed by atoms with van der Waals surface area (Å²) in [7, 11) is 1.21. The van der Waals surface area contributed by atoms with Crippen LogP contribution in [0, 0.1) is 0 Å². The quantitative estimate of drug-likeness (QED) is 0.504. The molecule has 0 saturated heterocycles. The molecule has 0 unspecified atom stereocenters. The van der Waals surface area contributed by atoms with Gasteiger partial charge in [0.15, 0.2) is 6.10 Å². The average Bonchev–Trinajstić information content (AvgIpc) is 1.83. The van der Waals surface area contributed by atoms with Gasteiger partial charge >= 0.3 is 5.97 Å². The molecule has 0 aromatic carbocycles. The molecule has 0 saturated carbocycles. The van der Waals surface area contributed by atoms with Gasteiger partial charge in [-0.2, -0.15) is 0 Å². The van der Waals surface area contributed by atoms with E-state index in [1.54, 1.807) is 13.8 Å². The van der Waals surface area contributed by atoms with Gasteiger partial charge in [-0.25, -0.2) is 4.79 Å². The Hall–Kier alpha value is -0.610. The van der Waals surface area contributed by atoms with Gasteiger partial charge in [-0.3, -0.25) is 0 Å². The molecule has 0 rings (SSSR count). The first kappa shape index (κ1) is 9.39. The Morgan fingerprint density at radius 2 is 2.10 bits per heavy atom. The third kappa shape index (κ3) is 2.33. The Kier molecular flexibility index (Phi) is 2.80. The summed E-state index contributed by atoms with van der Waals surface area (Å²) in [5.74, 6) is -0.701. The molecule has 1 atom stereocenters. The largest absolute Gasteiger partial charge is 0.467 e. The molecule has 0 aromatic rings. The summed E-state index contributed by atoms with van der Waals surface area (Å²) in [5.41, 5.74) is 4.47. The molecule has 0 amide bonds. The second-order valence-electron chi connectivity index (χ2n) is 2.75. The zero-order chi connectivity index (χ0) is 8.36. The van der Waals surface area contributed by atoms with E-state index in [0.717, 1.165) is 0 Å². The van der Waals surface area contributed by atoms with Crippen LogP contribution in [0.3, 0.4) is 0 Å². The van der Waals surface area contributed by atoms with E-state index >= 15 is 0 Å². The molecule has 0 bridgehead atoms. The Balaban J connectivity index is 4.08. The standard InChI is InChI=1S/C6H13NO3/c1-6(2,7)4(8)5(9)10-3/h4,8H,7H2,1-3H3/t4-/m0/s1. The summed E-state index contributed by atoms with van der Waals surface area (Å²) in [4.78, 5) is 10.6. The number of carbonyl (C=O) groups excluding carboxylic acids is 1. The van der Waals surface area contributed by atoms with E-state index < -0.39 is 17.6 Å². The summed E-state index contributed by atoms with van der Waals surface area (Å²) in [6.45, 7) is 3.10. The summed E-state index contributed by atoms with van der Waals surface area (Å²) in [6.07, 6.45) is -1.25. The molecular formula is C6H13NO3. The number of nitrogens with two attached hydrogens (primary N) is 1. The van der Waals surface area contributed by atoms with Gasteiger partial charge in [-0.15, -0.1) is 0 Å². The first-order valence-electron chi connectivity index (χ1n) is 2.94. The van der Waals surface area contributed by atoms with Crippen LogP contribution in [-0.4, -0.2) is 29.8 Å². The van der Waals surface area contributed by atoms with Crippen LogP contribution >= 0.6 is 0 Å². The van der Waals surface area contributed by atoms with Gasteiger partial charge in [-0.05, 0) is 13.8 Å². The van der Waals surface area contributed by atoms with Crippen LogP contribution in [-0.2, 0) is 9.53 Å². The number of carbonyl (C=O) groups is 1. The van der Waals surface area contributed by atoms with E-state index in [9.17, 15) is 4.79 Å². The molecule has 4 heteroatoms. The number of esters is 1. The summed E-state index contributed by atoms with van der Waals surface area (Å²) >= 11 is 0. The summed E-state index contributed by atoms with van der Waals surface area (Å²) < 4.78 is 4.27. The minimum atomic E-state index is -1.25. The van der Waals surface area contributed by atoms with Gasteiger partial charge in [0.25, 0.3) is 0 Å². The van der Waals surface area contributed by atoms with Gasteiger partial charge in [0, 0.05) is 5.54 Å². The van der Waals surface area contributed by atoms with Crippen molar-refractivity contribution in [3.05, 3.63) is 0 Å². The number of methoxy groups -OCH3 is 1. The van der Waals surface area contributed by atoms with E-state index in [0.29, 0.717) is 0 Å². The lowest BCUT2D eigenvalue weighted by molar-refractivity contribution is -0.153. The number of ether oxygens (including phenoxy) is 1. The summed E-state index contributed by atoms with van der Waals surface area (Å²) in [5, 5.41) is 9.05. The van der Waals surface area contributed by atoms with Gasteiger partial charge in [0.1, 0.15) is 0 Å². The molecule has 4 nitrogen and oxygen atoms in total. The van der Waals surface area contributed by atoms with Crippen molar-refractivity contribution in [1.82, 2.24) is 0 Å². The molecule has 0 fully saturated rings. The fraction of sp³-hybridized carbons (Fsp3) is 0.833. The second-order valence-corrected chi connectivity index (χ2v) is 2.75. The molecule has 60 valence electrons. The normalized spacial score (nSPS) is 14.5. The smallest absolute Gasteiger partial charge is 0.336 e. The molecule has 0 spiro atoms. The highest BCUT2D eigenvalue weighted by molar-refractivity contribution is 5.75. The maximum absolute atomic E-state index is 10.6. The van der Waals surface area contributed by atoms with Crippen LogP contribution in [0.2, 0.25) is 0 Å². The molecule has 0 aliphatic carbocycles. The van der Waals surface area contributed by atoms with E-state index in [1.165, 1.54) is 7.11 Å². The number of hydrogen-bond donors (Lipinski definition) is 2. The lowest BCUT2D eigenvalue weighted by Gasteiger charge is -2.22. The minimum Gasteiger partial charge on any atom is -0.467 e. The zero-order valence-electron chi connectivity index (χ0n) is 6.42. The van der Waals surface area contributed by atoms with Crippen LogP contribution in [0.15, 0.2) is 0 Å². The van der Waals surface area contributed by atoms with Crippen LogP contribution in [0.25, 0.3) is 0 Å². The number of hydrogen-bond acceptors (Lipinski definition) is 4. The van der Waals surface area contributed by atoms with E-state index in [1.807, 2.05) is 0 Å². The van der Waals surface area contributed by atoms with E-state index in [-0.39, 0.29) is 0 Å². The minimum absolute atomic E-state index is 0.701. The highest BCUT2D eigenvalue weighted by Gasteiger charge is 2.30. The van der Waals surface area contributed by atoms with Crippen molar-refractivity contribution in [1.29, 1.82) is 0 Å². The van der Waals surface area contributed by atoms with Crippen LogP contribution in [0.4, 0.5) is 0 Å². The van der Waals surface area contributed by atoms with Crippen molar-refractivity contribution < 1.29 is 14.6 Å². The second kappa shape index (κ2) is 2.98. The van der Waals surface area contributed by atoms with Crippen molar-refractivity contribution in [3.63, 3.8) is 0 Å². The third-order valence-corrected chi connectivity index (χ3v) is 1.13. The zero-order valence-corrected chi connectivity index (χ0v) is 6.42. The van der Waals surface area contributed by atoms with Crippen LogP contribution in [0.5, 0.6) is 0 Å². The molecular weight excluding hydrogens is 134 g/mol. The Labute approximate surface area is 60.0 Å². The van der Waals surface area contributed by atoms with Crippen molar-refractivity contribution >= 4 is 5.97 Å². The first-order valence-corrected chi connectivity index (χ1v) is 2.94. The third-order valence-electron chi connectivity index (χ3n) is 1.13. The van der Waals surface area contributed by atoms with Gasteiger partial charge in [-0.1, -0.05) is 0 Å². The van der Waals surface area contributed by atoms with E-state index in [2.05, 4.69) is 4.74 Å². The predicted molar refractivity (Wildman–Crippen MR) is 36.3 cm³/mol. The van der Waals surface area contributed by atoms with Crippen LogP contribution < -0.4 is 5.73 Å². The Morgan fingerprint density at radius 1 is 1.70 bits per heavy atom. The Morgan fingerprint density at radius 3 is 2.20 bits per heavy atom. The molecule has 3 N–H and O–H groups in total. The topological polar surface area (TPSA) is 72.5 Å². The van der Waals surface area contributed by atoms with E-state index in [4.69, 9.17) is 10.8 Å². The number of aliphatic hydroxyl groups is 1. The Bertz CT molecular complexity index is 127. The molecule has 0 heterocycles. The summed E-state index contributed by atoms with van der Waals surface area (Å²) in [6, 6.07) is 0. The lowest BCUT2D eigenvalue weighted by Crippen LogP contribution is -2.49. The molecule has 10 heavy (non-hydrogen) atoms. The van der Waals surface area contributed by atoms with Crippen molar-refractivity contribution in [2.24, 2.45) is 5.73 Å².